The van der Waals surface area contributed by atoms with E-state index in [1.165, 1.54) is 23.3 Å². The molecule has 0 bridgehead atoms. The molecule has 0 saturated carbocycles. The summed E-state index contributed by atoms with van der Waals surface area (Å²) in [5.41, 5.74) is -0.927. The lowest BCUT2D eigenvalue weighted by Crippen LogP contribution is -2.37. The summed E-state index contributed by atoms with van der Waals surface area (Å²) in [6.45, 7) is 1.92. The van der Waals surface area contributed by atoms with Crippen LogP contribution in [0.5, 0.6) is 5.75 Å². The van der Waals surface area contributed by atoms with Crippen molar-refractivity contribution in [1.29, 1.82) is 0 Å². The quantitative estimate of drug-likeness (QED) is 0.425. The summed E-state index contributed by atoms with van der Waals surface area (Å²) in [5, 5.41) is 16.2. The molecule has 3 aromatic rings. The molecule has 2 aromatic carbocycles. The monoisotopic (exact) mass is 383 g/mol. The number of nitrogens with zero attached hydrogens (tertiary/aromatic N) is 1. The lowest BCUT2D eigenvalue weighted by Gasteiger charge is -2.21. The fraction of sp³-hybridized carbons (Fsp3) is 0.250. The Kier molecular flexibility index (Phi) is 5.21. The van der Waals surface area contributed by atoms with Crippen molar-refractivity contribution < 1.29 is 14.3 Å². The number of phenols is 1. The third-order valence-corrected chi connectivity index (χ3v) is 4.46. The summed E-state index contributed by atoms with van der Waals surface area (Å²) < 4.78 is 5.37. The molecule has 0 spiro atoms. The van der Waals surface area contributed by atoms with Crippen molar-refractivity contribution in [2.45, 2.75) is 19.4 Å². The van der Waals surface area contributed by atoms with Crippen LogP contribution in [0.2, 0.25) is 0 Å². The second kappa shape index (κ2) is 7.59. The molecule has 0 radical (unpaired) electrons. The van der Waals surface area contributed by atoms with Gasteiger partial charge in [0.05, 0.1) is 23.6 Å². The molecule has 0 unspecified atom stereocenters. The first-order valence-corrected chi connectivity index (χ1v) is 8.79. The van der Waals surface area contributed by atoms with Gasteiger partial charge in [0.1, 0.15) is 17.1 Å². The van der Waals surface area contributed by atoms with E-state index in [2.05, 4.69) is 10.6 Å². The highest BCUT2D eigenvalue weighted by molar-refractivity contribution is 5.99. The molecule has 8 heteroatoms. The Morgan fingerprint density at radius 1 is 1.14 bits per heavy atom. The Hall–Kier alpha value is -3.55. The fourth-order valence-corrected chi connectivity index (χ4v) is 2.88. The first-order valence-electron chi connectivity index (χ1n) is 8.79. The second-order valence-electron chi connectivity index (χ2n) is 6.56. The van der Waals surface area contributed by atoms with E-state index in [4.69, 9.17) is 4.42 Å². The van der Waals surface area contributed by atoms with Gasteiger partial charge in [0.15, 0.2) is 5.75 Å². The van der Waals surface area contributed by atoms with Gasteiger partial charge >= 0.3 is 0 Å². The van der Waals surface area contributed by atoms with Crippen LogP contribution >= 0.6 is 0 Å². The van der Waals surface area contributed by atoms with Crippen molar-refractivity contribution in [1.82, 2.24) is 4.90 Å². The molecule has 3 rings (SSSR count). The minimum absolute atomic E-state index is 0.0414. The summed E-state index contributed by atoms with van der Waals surface area (Å²) in [6, 6.07) is 7.82. The SMILES string of the molecule is CC[C@H](Nc1c(Nc2cccc(C(=O)N(C)C)c2O)c(=O)c1=O)c1ccco1. The largest absolute Gasteiger partial charge is 0.505 e. The molecule has 1 aromatic heterocycles. The number of benzene rings is 1. The molecular weight excluding hydrogens is 362 g/mol. The van der Waals surface area contributed by atoms with Crippen LogP contribution in [-0.4, -0.2) is 30.0 Å². The number of aromatic hydroxyl groups is 1. The number of carbonyl (C=O) groups excluding carboxylic acids is 1. The molecule has 1 heterocycles. The molecule has 146 valence electrons. The maximum absolute atomic E-state index is 12.2. The van der Waals surface area contributed by atoms with Gasteiger partial charge in [0.2, 0.25) is 0 Å². The molecule has 0 aliphatic rings. The predicted molar refractivity (Wildman–Crippen MR) is 106 cm³/mol. The van der Waals surface area contributed by atoms with Crippen LogP contribution in [-0.2, 0) is 0 Å². The Labute approximate surface area is 161 Å². The first-order chi connectivity index (χ1) is 13.3. The first kappa shape index (κ1) is 19.2. The highest BCUT2D eigenvalue weighted by atomic mass is 16.3. The minimum atomic E-state index is -0.694. The number of rotatable bonds is 7. The Balaban J connectivity index is 1.90. The van der Waals surface area contributed by atoms with E-state index in [0.717, 1.165) is 0 Å². The number of hydrogen-bond acceptors (Lipinski definition) is 7. The van der Waals surface area contributed by atoms with Crippen molar-refractivity contribution in [3.8, 4) is 5.75 Å². The van der Waals surface area contributed by atoms with E-state index in [0.29, 0.717) is 12.2 Å². The molecule has 8 nitrogen and oxygen atoms in total. The molecule has 0 fully saturated rings. The van der Waals surface area contributed by atoms with Crippen molar-refractivity contribution in [2.75, 3.05) is 24.7 Å². The Morgan fingerprint density at radius 3 is 2.46 bits per heavy atom. The number of para-hydroxylation sites is 1. The minimum Gasteiger partial charge on any atom is -0.505 e. The number of phenolic OH excluding ortho intramolecular Hbond substituents is 1. The fourth-order valence-electron chi connectivity index (χ4n) is 2.88. The number of hydrogen-bond donors (Lipinski definition) is 3. The zero-order valence-electron chi connectivity index (χ0n) is 15.8. The van der Waals surface area contributed by atoms with E-state index in [-0.39, 0.29) is 40.3 Å². The molecule has 0 aliphatic heterocycles. The van der Waals surface area contributed by atoms with Gasteiger partial charge in [-0.1, -0.05) is 13.0 Å². The zero-order chi connectivity index (χ0) is 20.4. The zero-order valence-corrected chi connectivity index (χ0v) is 15.8. The molecular formula is C20H21N3O5. The number of amides is 1. The standard InChI is InChI=1S/C20H21N3O5/c1-4-12(14-9-6-10-28-14)21-15-16(19(26)18(15)25)22-13-8-5-7-11(17(13)24)20(27)23(2)3/h5-10,12,21-22,24H,4H2,1-3H3/t12-/m0/s1. The van der Waals surface area contributed by atoms with Gasteiger partial charge in [-0.15, -0.1) is 0 Å². The van der Waals surface area contributed by atoms with Crippen molar-refractivity contribution >= 4 is 23.0 Å². The average molecular weight is 383 g/mol. The molecule has 0 aliphatic carbocycles. The molecule has 1 amide bonds. The third-order valence-electron chi connectivity index (χ3n) is 4.46. The average Bonchev–Trinajstić information content (AvgIpc) is 3.22. The number of carbonyl (C=O) groups is 1. The topological polar surface area (TPSA) is 112 Å². The maximum Gasteiger partial charge on any atom is 0.257 e. The maximum atomic E-state index is 12.2. The van der Waals surface area contributed by atoms with Crippen molar-refractivity contribution in [2.24, 2.45) is 0 Å². The van der Waals surface area contributed by atoms with Gasteiger partial charge in [0, 0.05) is 14.1 Å². The predicted octanol–water partition coefficient (Wildman–Crippen LogP) is 2.59. The van der Waals surface area contributed by atoms with Gasteiger partial charge in [0.25, 0.3) is 16.8 Å². The third kappa shape index (κ3) is 3.36. The van der Waals surface area contributed by atoms with Crippen LogP contribution in [0.3, 0.4) is 0 Å². The van der Waals surface area contributed by atoms with Crippen LogP contribution in [0.25, 0.3) is 0 Å². The van der Waals surface area contributed by atoms with E-state index >= 15 is 0 Å². The number of nitrogens with one attached hydrogen (secondary N) is 2. The molecule has 1 atom stereocenters. The molecule has 28 heavy (non-hydrogen) atoms. The highest BCUT2D eigenvalue weighted by Gasteiger charge is 2.26. The summed E-state index contributed by atoms with van der Waals surface area (Å²) in [6.07, 6.45) is 2.16. The van der Waals surface area contributed by atoms with Gasteiger partial charge < -0.3 is 25.1 Å². The summed E-state index contributed by atoms with van der Waals surface area (Å²) >= 11 is 0. The summed E-state index contributed by atoms with van der Waals surface area (Å²) in [4.78, 5) is 37.6. The van der Waals surface area contributed by atoms with Gasteiger partial charge in [-0.25, -0.2) is 0 Å². The Morgan fingerprint density at radius 2 is 1.86 bits per heavy atom. The lowest BCUT2D eigenvalue weighted by molar-refractivity contribution is 0.0824. The summed E-state index contributed by atoms with van der Waals surface area (Å²) in [7, 11) is 3.14. The van der Waals surface area contributed by atoms with Crippen molar-refractivity contribution in [3.05, 3.63) is 68.4 Å². The molecule has 3 N–H and O–H groups in total. The van der Waals surface area contributed by atoms with Crippen LogP contribution in [0.4, 0.5) is 17.1 Å². The second-order valence-corrected chi connectivity index (χ2v) is 6.56. The number of anilines is 3. The van der Waals surface area contributed by atoms with E-state index in [9.17, 15) is 19.5 Å². The summed E-state index contributed by atoms with van der Waals surface area (Å²) in [5.74, 6) is -0.0328. The smallest absolute Gasteiger partial charge is 0.257 e. The van der Waals surface area contributed by atoms with Crippen molar-refractivity contribution in [3.63, 3.8) is 0 Å². The van der Waals surface area contributed by atoms with E-state index in [1.54, 1.807) is 32.3 Å². The van der Waals surface area contributed by atoms with E-state index in [1.807, 2.05) is 6.92 Å². The highest BCUT2D eigenvalue weighted by Crippen LogP contribution is 2.33. The normalized spacial score (nSPS) is 12.0. The van der Waals surface area contributed by atoms with Gasteiger partial charge in [-0.2, -0.15) is 0 Å². The lowest BCUT2D eigenvalue weighted by atomic mass is 10.1. The van der Waals surface area contributed by atoms with Crippen LogP contribution in [0.1, 0.15) is 35.5 Å². The van der Waals surface area contributed by atoms with Gasteiger partial charge in [-0.05, 0) is 30.7 Å². The van der Waals surface area contributed by atoms with E-state index < -0.39 is 10.9 Å². The number of furan rings is 1. The van der Waals surface area contributed by atoms with Crippen LogP contribution in [0.15, 0.2) is 50.6 Å². The van der Waals surface area contributed by atoms with Crippen LogP contribution < -0.4 is 21.5 Å². The van der Waals surface area contributed by atoms with Crippen LogP contribution in [0, 0.1) is 0 Å². The van der Waals surface area contributed by atoms with Gasteiger partial charge in [-0.3, -0.25) is 14.4 Å². The molecule has 0 saturated heterocycles. The Bertz CT molecular complexity index is 1060.